The topological polar surface area (TPSA) is 9.23 Å². The molecule has 0 aliphatic heterocycles. The van der Waals surface area contributed by atoms with Gasteiger partial charge >= 0.3 is 0 Å². The first kappa shape index (κ1) is 11.8. The minimum Gasteiger partial charge on any atom is -0.496 e. The van der Waals surface area contributed by atoms with E-state index in [9.17, 15) is 0 Å². The maximum absolute atomic E-state index is 5.47. The molecule has 3 aromatic rings. The van der Waals surface area contributed by atoms with Crippen molar-refractivity contribution in [2.24, 2.45) is 0 Å². The normalized spacial score (nSPS) is 10.6. The van der Waals surface area contributed by atoms with Crippen LogP contribution in [-0.4, -0.2) is 7.11 Å². The van der Waals surface area contributed by atoms with Crippen LogP contribution in [0.5, 0.6) is 5.75 Å². The van der Waals surface area contributed by atoms with Crippen LogP contribution in [0, 0.1) is 6.92 Å². The number of aryl methyl sites for hydroxylation is 1. The zero-order valence-electron chi connectivity index (χ0n) is 11.2. The standard InChI is InChI=1S/C18H16O/c1-13-15-8-4-3-7-14(15)11-12-16(13)17-9-5-6-10-18(17)19-2/h3-12H,1-2H3. The first-order valence-electron chi connectivity index (χ1n) is 6.43. The number of hydrogen-bond acceptors (Lipinski definition) is 1. The molecule has 0 saturated carbocycles. The van der Waals surface area contributed by atoms with E-state index in [1.165, 1.54) is 21.9 Å². The van der Waals surface area contributed by atoms with Gasteiger partial charge in [0, 0.05) is 5.56 Å². The molecule has 0 aliphatic rings. The van der Waals surface area contributed by atoms with Gasteiger partial charge in [0.2, 0.25) is 0 Å². The lowest BCUT2D eigenvalue weighted by Crippen LogP contribution is -1.90. The summed E-state index contributed by atoms with van der Waals surface area (Å²) in [7, 11) is 1.72. The minimum absolute atomic E-state index is 0.917. The molecular formula is C18H16O. The Labute approximate surface area is 113 Å². The van der Waals surface area contributed by atoms with Crippen LogP contribution in [0.15, 0.2) is 60.7 Å². The highest BCUT2D eigenvalue weighted by atomic mass is 16.5. The Morgan fingerprint density at radius 1 is 0.737 bits per heavy atom. The van der Waals surface area contributed by atoms with Gasteiger partial charge in [-0.2, -0.15) is 0 Å². The Morgan fingerprint density at radius 3 is 2.32 bits per heavy atom. The van der Waals surface area contributed by atoms with Crippen molar-refractivity contribution >= 4 is 10.8 Å². The lowest BCUT2D eigenvalue weighted by Gasteiger charge is -2.13. The minimum atomic E-state index is 0.917. The molecule has 0 aliphatic carbocycles. The summed E-state index contributed by atoms with van der Waals surface area (Å²) in [5, 5.41) is 2.57. The molecule has 1 nitrogen and oxygen atoms in total. The zero-order chi connectivity index (χ0) is 13.2. The molecule has 0 amide bonds. The van der Waals surface area contributed by atoms with Crippen LogP contribution in [0.25, 0.3) is 21.9 Å². The Morgan fingerprint density at radius 2 is 1.47 bits per heavy atom. The molecular weight excluding hydrogens is 232 g/mol. The van der Waals surface area contributed by atoms with Crippen molar-refractivity contribution in [2.75, 3.05) is 7.11 Å². The number of fused-ring (bicyclic) bond motifs is 1. The van der Waals surface area contributed by atoms with E-state index in [1.807, 2.05) is 18.2 Å². The van der Waals surface area contributed by atoms with E-state index in [-0.39, 0.29) is 0 Å². The van der Waals surface area contributed by atoms with Crippen LogP contribution in [0.2, 0.25) is 0 Å². The highest BCUT2D eigenvalue weighted by molar-refractivity contribution is 5.92. The second-order valence-electron chi connectivity index (χ2n) is 4.66. The van der Waals surface area contributed by atoms with E-state index in [2.05, 4.69) is 49.4 Å². The number of hydrogen-bond donors (Lipinski definition) is 0. The van der Waals surface area contributed by atoms with Crippen LogP contribution < -0.4 is 4.74 Å². The summed E-state index contributed by atoms with van der Waals surface area (Å²) < 4.78 is 5.47. The van der Waals surface area contributed by atoms with Gasteiger partial charge in [0.05, 0.1) is 7.11 Å². The molecule has 0 N–H and O–H groups in total. The lowest BCUT2D eigenvalue weighted by molar-refractivity contribution is 0.416. The lowest BCUT2D eigenvalue weighted by atomic mass is 9.95. The van der Waals surface area contributed by atoms with Crippen molar-refractivity contribution in [3.8, 4) is 16.9 Å². The first-order chi connectivity index (χ1) is 9.31. The SMILES string of the molecule is COc1ccccc1-c1ccc2ccccc2c1C. The average molecular weight is 248 g/mol. The molecule has 0 aromatic heterocycles. The van der Waals surface area contributed by atoms with E-state index in [4.69, 9.17) is 4.74 Å². The fraction of sp³-hybridized carbons (Fsp3) is 0.111. The Hall–Kier alpha value is -2.28. The smallest absolute Gasteiger partial charge is 0.126 e. The van der Waals surface area contributed by atoms with Crippen LogP contribution in [-0.2, 0) is 0 Å². The quantitative estimate of drug-likeness (QED) is 0.631. The highest BCUT2D eigenvalue weighted by Crippen LogP contribution is 2.34. The molecule has 1 heteroatoms. The Bertz CT molecular complexity index is 729. The monoisotopic (exact) mass is 248 g/mol. The third-order valence-corrected chi connectivity index (χ3v) is 3.60. The molecule has 19 heavy (non-hydrogen) atoms. The third kappa shape index (κ3) is 1.97. The second-order valence-corrected chi connectivity index (χ2v) is 4.66. The summed E-state index contributed by atoms with van der Waals surface area (Å²) >= 11 is 0. The number of methoxy groups -OCH3 is 1. The van der Waals surface area contributed by atoms with Crippen molar-refractivity contribution in [1.29, 1.82) is 0 Å². The first-order valence-corrected chi connectivity index (χ1v) is 6.43. The molecule has 0 heterocycles. The molecule has 0 spiro atoms. The molecule has 3 rings (SSSR count). The molecule has 0 bridgehead atoms. The Balaban J connectivity index is 2.28. The van der Waals surface area contributed by atoms with Gasteiger partial charge in [-0.1, -0.05) is 54.6 Å². The van der Waals surface area contributed by atoms with Crippen molar-refractivity contribution < 1.29 is 4.74 Å². The van der Waals surface area contributed by atoms with Gasteiger partial charge in [0.1, 0.15) is 5.75 Å². The van der Waals surface area contributed by atoms with Crippen molar-refractivity contribution in [1.82, 2.24) is 0 Å². The molecule has 0 saturated heterocycles. The van der Waals surface area contributed by atoms with E-state index in [0.29, 0.717) is 0 Å². The Kier molecular flexibility index (Phi) is 2.96. The fourth-order valence-corrected chi connectivity index (χ4v) is 2.59. The molecule has 0 fully saturated rings. The second kappa shape index (κ2) is 4.77. The summed E-state index contributed by atoms with van der Waals surface area (Å²) in [6.07, 6.45) is 0. The summed E-state index contributed by atoms with van der Waals surface area (Å²) in [6, 6.07) is 21.0. The average Bonchev–Trinajstić information content (AvgIpc) is 2.48. The summed E-state index contributed by atoms with van der Waals surface area (Å²) in [5.74, 6) is 0.917. The third-order valence-electron chi connectivity index (χ3n) is 3.60. The number of rotatable bonds is 2. The van der Waals surface area contributed by atoms with E-state index < -0.39 is 0 Å². The molecule has 0 radical (unpaired) electrons. The van der Waals surface area contributed by atoms with Crippen molar-refractivity contribution in [2.45, 2.75) is 6.92 Å². The maximum Gasteiger partial charge on any atom is 0.126 e. The zero-order valence-corrected chi connectivity index (χ0v) is 11.2. The van der Waals surface area contributed by atoms with Crippen molar-refractivity contribution in [3.05, 3.63) is 66.2 Å². The fourth-order valence-electron chi connectivity index (χ4n) is 2.59. The van der Waals surface area contributed by atoms with E-state index in [0.717, 1.165) is 11.3 Å². The van der Waals surface area contributed by atoms with Crippen molar-refractivity contribution in [3.63, 3.8) is 0 Å². The van der Waals surface area contributed by atoms with Crippen LogP contribution in [0.4, 0.5) is 0 Å². The van der Waals surface area contributed by atoms with Gasteiger partial charge < -0.3 is 4.74 Å². The van der Waals surface area contributed by atoms with E-state index >= 15 is 0 Å². The van der Waals surface area contributed by atoms with Gasteiger partial charge in [0.25, 0.3) is 0 Å². The van der Waals surface area contributed by atoms with Gasteiger partial charge in [-0.15, -0.1) is 0 Å². The summed E-state index contributed by atoms with van der Waals surface area (Å²) in [6.45, 7) is 2.17. The molecule has 0 unspecified atom stereocenters. The summed E-state index contributed by atoms with van der Waals surface area (Å²) in [5.41, 5.74) is 3.67. The molecule has 94 valence electrons. The van der Waals surface area contributed by atoms with Crippen LogP contribution >= 0.6 is 0 Å². The van der Waals surface area contributed by atoms with Gasteiger partial charge in [0.15, 0.2) is 0 Å². The highest BCUT2D eigenvalue weighted by Gasteiger charge is 2.09. The number of para-hydroxylation sites is 1. The van der Waals surface area contributed by atoms with Gasteiger partial charge in [-0.3, -0.25) is 0 Å². The van der Waals surface area contributed by atoms with Crippen LogP contribution in [0.3, 0.4) is 0 Å². The van der Waals surface area contributed by atoms with Crippen LogP contribution in [0.1, 0.15) is 5.56 Å². The largest absolute Gasteiger partial charge is 0.496 e. The maximum atomic E-state index is 5.47. The number of ether oxygens (including phenoxy) is 1. The number of benzene rings is 3. The van der Waals surface area contributed by atoms with E-state index in [1.54, 1.807) is 7.11 Å². The summed E-state index contributed by atoms with van der Waals surface area (Å²) in [4.78, 5) is 0. The van der Waals surface area contributed by atoms with Gasteiger partial charge in [-0.05, 0) is 34.9 Å². The predicted octanol–water partition coefficient (Wildman–Crippen LogP) is 4.82. The van der Waals surface area contributed by atoms with Gasteiger partial charge in [-0.25, -0.2) is 0 Å². The molecule has 3 aromatic carbocycles. The molecule has 0 atom stereocenters. The predicted molar refractivity (Wildman–Crippen MR) is 80.7 cm³/mol.